The molecule has 0 saturated carbocycles. The Labute approximate surface area is 127 Å². The first-order valence-electron chi connectivity index (χ1n) is 6.88. The summed E-state index contributed by atoms with van der Waals surface area (Å²) in [5, 5.41) is 5.14. The van der Waals surface area contributed by atoms with Crippen LogP contribution >= 0.6 is 0 Å². The second-order valence-corrected chi connectivity index (χ2v) is 5.19. The Kier molecular flexibility index (Phi) is 3.47. The molecule has 2 aromatic carbocycles. The highest BCUT2D eigenvalue weighted by molar-refractivity contribution is 6.47. The number of ketones is 1. The van der Waals surface area contributed by atoms with Gasteiger partial charge in [-0.2, -0.15) is 0 Å². The zero-order valence-electron chi connectivity index (χ0n) is 11.9. The maximum atomic E-state index is 12.3. The van der Waals surface area contributed by atoms with Crippen LogP contribution in [0.2, 0.25) is 0 Å². The number of rotatable bonds is 3. The molecule has 110 valence electrons. The molecule has 0 fully saturated rings. The number of carbonyl (C=O) groups is 3. The van der Waals surface area contributed by atoms with E-state index in [1.807, 2.05) is 19.1 Å². The van der Waals surface area contributed by atoms with Gasteiger partial charge in [-0.05, 0) is 30.7 Å². The van der Waals surface area contributed by atoms with E-state index in [9.17, 15) is 14.4 Å². The Bertz CT molecular complexity index is 766. The average Bonchev–Trinajstić information content (AvgIpc) is 2.84. The van der Waals surface area contributed by atoms with Gasteiger partial charge in [0.05, 0.1) is 0 Å². The minimum atomic E-state index is -1.08. The minimum absolute atomic E-state index is 0.467. The van der Waals surface area contributed by atoms with Gasteiger partial charge in [0.25, 0.3) is 5.91 Å². The van der Waals surface area contributed by atoms with E-state index in [0.29, 0.717) is 16.9 Å². The SMILES string of the molecule is Cc1ccc(NC(=O)C(=O)[C@@H]2C(=O)Nc3ccccc32)cc1. The summed E-state index contributed by atoms with van der Waals surface area (Å²) in [5.74, 6) is -3.10. The van der Waals surface area contributed by atoms with Gasteiger partial charge < -0.3 is 10.6 Å². The molecular weight excluding hydrogens is 280 g/mol. The van der Waals surface area contributed by atoms with Gasteiger partial charge in [0.15, 0.2) is 0 Å². The third-order valence-corrected chi connectivity index (χ3v) is 3.59. The molecule has 0 unspecified atom stereocenters. The van der Waals surface area contributed by atoms with Crippen molar-refractivity contribution in [3.63, 3.8) is 0 Å². The summed E-state index contributed by atoms with van der Waals surface area (Å²) in [5.41, 5.74) is 2.69. The van der Waals surface area contributed by atoms with Crippen LogP contribution in [0, 0.1) is 6.92 Å². The molecule has 2 N–H and O–H groups in total. The van der Waals surface area contributed by atoms with E-state index in [-0.39, 0.29) is 0 Å². The van der Waals surface area contributed by atoms with Crippen molar-refractivity contribution in [1.29, 1.82) is 0 Å². The van der Waals surface area contributed by atoms with Crippen LogP contribution in [-0.4, -0.2) is 17.6 Å². The van der Waals surface area contributed by atoms with E-state index >= 15 is 0 Å². The number of hydrogen-bond acceptors (Lipinski definition) is 3. The van der Waals surface area contributed by atoms with Crippen molar-refractivity contribution in [1.82, 2.24) is 0 Å². The van der Waals surface area contributed by atoms with Crippen LogP contribution in [0.3, 0.4) is 0 Å². The molecule has 22 heavy (non-hydrogen) atoms. The van der Waals surface area contributed by atoms with Gasteiger partial charge in [0, 0.05) is 11.4 Å². The van der Waals surface area contributed by atoms with Gasteiger partial charge in [-0.3, -0.25) is 14.4 Å². The summed E-state index contributed by atoms with van der Waals surface area (Å²) in [6, 6.07) is 14.0. The second kappa shape index (κ2) is 5.44. The van der Waals surface area contributed by atoms with Gasteiger partial charge in [-0.1, -0.05) is 35.9 Å². The Morgan fingerprint density at radius 1 is 1.05 bits per heavy atom. The standard InChI is InChI=1S/C17H14N2O3/c1-10-6-8-11(9-7-10)18-17(22)15(20)14-12-4-2-3-5-13(12)19-16(14)21/h2-9,14H,1H3,(H,18,22)(H,19,21)/t14-/m1/s1. The van der Waals surface area contributed by atoms with E-state index < -0.39 is 23.5 Å². The molecule has 2 amide bonds. The lowest BCUT2D eigenvalue weighted by atomic mass is 9.95. The Hall–Kier alpha value is -2.95. The summed E-state index contributed by atoms with van der Waals surface area (Å²) < 4.78 is 0. The third kappa shape index (κ3) is 2.48. The Balaban J connectivity index is 1.80. The number of fused-ring (bicyclic) bond motifs is 1. The third-order valence-electron chi connectivity index (χ3n) is 3.59. The lowest BCUT2D eigenvalue weighted by Crippen LogP contribution is -2.31. The number of amides is 2. The highest BCUT2D eigenvalue weighted by Gasteiger charge is 2.39. The van der Waals surface area contributed by atoms with Crippen molar-refractivity contribution >= 4 is 29.0 Å². The lowest BCUT2D eigenvalue weighted by Gasteiger charge is -2.09. The van der Waals surface area contributed by atoms with Crippen LogP contribution in [0.4, 0.5) is 11.4 Å². The van der Waals surface area contributed by atoms with Crippen molar-refractivity contribution in [3.05, 3.63) is 59.7 Å². The van der Waals surface area contributed by atoms with Crippen molar-refractivity contribution in [3.8, 4) is 0 Å². The van der Waals surface area contributed by atoms with Crippen LogP contribution in [0.5, 0.6) is 0 Å². The second-order valence-electron chi connectivity index (χ2n) is 5.19. The van der Waals surface area contributed by atoms with Crippen LogP contribution < -0.4 is 10.6 Å². The fourth-order valence-electron chi connectivity index (χ4n) is 2.43. The molecule has 0 aromatic heterocycles. The normalized spacial score (nSPS) is 15.9. The number of hydrogen-bond donors (Lipinski definition) is 2. The molecule has 1 heterocycles. The van der Waals surface area contributed by atoms with E-state index in [4.69, 9.17) is 0 Å². The van der Waals surface area contributed by atoms with Gasteiger partial charge in [0.1, 0.15) is 5.92 Å². The smallest absolute Gasteiger partial charge is 0.292 e. The molecule has 0 radical (unpaired) electrons. The zero-order valence-corrected chi connectivity index (χ0v) is 11.9. The molecule has 2 aromatic rings. The first-order chi connectivity index (χ1) is 10.6. The predicted octanol–water partition coefficient (Wildman–Crippen LogP) is 2.24. The molecule has 1 aliphatic rings. The number of carbonyl (C=O) groups excluding carboxylic acids is 3. The van der Waals surface area contributed by atoms with E-state index in [1.54, 1.807) is 36.4 Å². The quantitative estimate of drug-likeness (QED) is 0.673. The number of nitrogens with one attached hydrogen (secondary N) is 2. The minimum Gasteiger partial charge on any atom is -0.325 e. The Morgan fingerprint density at radius 3 is 2.45 bits per heavy atom. The van der Waals surface area contributed by atoms with Crippen molar-refractivity contribution in [2.24, 2.45) is 0 Å². The van der Waals surface area contributed by atoms with Crippen LogP contribution in [0.1, 0.15) is 17.0 Å². The number of anilines is 2. The fourth-order valence-corrected chi connectivity index (χ4v) is 2.43. The molecular formula is C17H14N2O3. The summed E-state index contributed by atoms with van der Waals surface area (Å²) in [4.78, 5) is 36.4. The number of benzene rings is 2. The molecule has 0 aliphatic carbocycles. The topological polar surface area (TPSA) is 75.3 Å². The molecule has 0 saturated heterocycles. The van der Waals surface area contributed by atoms with Gasteiger partial charge in [-0.15, -0.1) is 0 Å². The molecule has 1 aliphatic heterocycles. The largest absolute Gasteiger partial charge is 0.325 e. The van der Waals surface area contributed by atoms with Crippen LogP contribution in [0.15, 0.2) is 48.5 Å². The first-order valence-corrected chi connectivity index (χ1v) is 6.88. The summed E-state index contributed by atoms with van der Waals surface area (Å²) in [6.07, 6.45) is 0. The molecule has 5 heteroatoms. The van der Waals surface area contributed by atoms with Gasteiger partial charge in [-0.25, -0.2) is 0 Å². The van der Waals surface area contributed by atoms with Crippen molar-refractivity contribution in [2.45, 2.75) is 12.8 Å². The van der Waals surface area contributed by atoms with Crippen molar-refractivity contribution < 1.29 is 14.4 Å². The molecule has 1 atom stereocenters. The molecule has 5 nitrogen and oxygen atoms in total. The number of aryl methyl sites for hydroxylation is 1. The summed E-state index contributed by atoms with van der Waals surface area (Å²) in [7, 11) is 0. The zero-order chi connectivity index (χ0) is 15.7. The monoisotopic (exact) mass is 294 g/mol. The Morgan fingerprint density at radius 2 is 1.73 bits per heavy atom. The first kappa shape index (κ1) is 14.0. The van der Waals surface area contributed by atoms with Crippen LogP contribution in [-0.2, 0) is 14.4 Å². The highest BCUT2D eigenvalue weighted by Crippen LogP contribution is 2.32. The molecule has 0 bridgehead atoms. The van der Waals surface area contributed by atoms with E-state index in [1.165, 1.54) is 0 Å². The van der Waals surface area contributed by atoms with Crippen molar-refractivity contribution in [2.75, 3.05) is 10.6 Å². The molecule has 0 spiro atoms. The lowest BCUT2D eigenvalue weighted by molar-refractivity contribution is -0.138. The molecule has 3 rings (SSSR count). The number of Topliss-reactive ketones (excluding diaryl/α,β-unsaturated/α-hetero) is 1. The van der Waals surface area contributed by atoms with E-state index in [2.05, 4.69) is 10.6 Å². The van der Waals surface area contributed by atoms with Crippen LogP contribution in [0.25, 0.3) is 0 Å². The maximum absolute atomic E-state index is 12.3. The number of para-hydroxylation sites is 1. The van der Waals surface area contributed by atoms with E-state index in [0.717, 1.165) is 5.56 Å². The highest BCUT2D eigenvalue weighted by atomic mass is 16.2. The van der Waals surface area contributed by atoms with Gasteiger partial charge in [0.2, 0.25) is 11.7 Å². The maximum Gasteiger partial charge on any atom is 0.292 e. The van der Waals surface area contributed by atoms with Gasteiger partial charge >= 0.3 is 0 Å². The average molecular weight is 294 g/mol. The predicted molar refractivity (Wildman–Crippen MR) is 82.6 cm³/mol. The summed E-state index contributed by atoms with van der Waals surface area (Å²) >= 11 is 0. The fraction of sp³-hybridized carbons (Fsp3) is 0.118. The summed E-state index contributed by atoms with van der Waals surface area (Å²) in [6.45, 7) is 1.93.